The molecule has 2 heterocycles. The van der Waals surface area contributed by atoms with Crippen molar-refractivity contribution in [1.82, 2.24) is 15.6 Å². The summed E-state index contributed by atoms with van der Waals surface area (Å²) in [4.78, 5) is 40.5. The van der Waals surface area contributed by atoms with E-state index in [9.17, 15) is 14.4 Å². The minimum Gasteiger partial charge on any atom is -0.481 e. The number of halogens is 2. The van der Waals surface area contributed by atoms with Gasteiger partial charge in [0.25, 0.3) is 0 Å². The number of hydrogen-bond acceptors (Lipinski definition) is 5. The van der Waals surface area contributed by atoms with Gasteiger partial charge in [0.1, 0.15) is 0 Å². The van der Waals surface area contributed by atoms with Gasteiger partial charge < -0.3 is 10.1 Å². The highest BCUT2D eigenvalue weighted by Gasteiger charge is 2.32. The zero-order chi connectivity index (χ0) is 22.8. The Hall–Kier alpha value is -2.64. The second-order valence-corrected chi connectivity index (χ2v) is 8.69. The molecule has 0 spiro atoms. The lowest BCUT2D eigenvalue weighted by molar-refractivity contribution is -0.134. The van der Waals surface area contributed by atoms with Crippen LogP contribution in [0.25, 0.3) is 0 Å². The van der Waals surface area contributed by atoms with Gasteiger partial charge in [0.05, 0.1) is 18.4 Å². The monoisotopic (exact) mass is 463 g/mol. The molecular weight excluding hydrogens is 441 g/mol. The number of nitrogens with one attached hydrogen (secondary N) is 2. The summed E-state index contributed by atoms with van der Waals surface area (Å²) in [6, 6.07) is 6.84. The first-order valence-corrected chi connectivity index (χ1v) is 10.5. The summed E-state index contributed by atoms with van der Waals surface area (Å²) < 4.78 is 5.14. The van der Waals surface area contributed by atoms with Gasteiger partial charge in [-0.05, 0) is 49.6 Å². The summed E-state index contributed by atoms with van der Waals surface area (Å²) in [5, 5.41) is 5.86. The normalized spacial score (nSPS) is 16.6. The molecule has 0 saturated carbocycles. The van der Waals surface area contributed by atoms with Crippen molar-refractivity contribution < 1.29 is 19.1 Å². The number of pyridine rings is 1. The second-order valence-electron chi connectivity index (χ2n) is 7.87. The quantitative estimate of drug-likeness (QED) is 0.638. The number of rotatable bonds is 6. The molecule has 1 aliphatic heterocycles. The van der Waals surface area contributed by atoms with Crippen molar-refractivity contribution in [3.8, 4) is 5.88 Å². The van der Waals surface area contributed by atoms with Crippen molar-refractivity contribution in [3.05, 3.63) is 57.2 Å². The SMILES string of the molecule is COc1cc(C(C)(C)C(=O)NCc2cc(Cl)c(C3CCC(=O)NC3=O)c(Cl)c2)ccn1. The average molecular weight is 464 g/mol. The summed E-state index contributed by atoms with van der Waals surface area (Å²) in [6.45, 7) is 3.83. The van der Waals surface area contributed by atoms with E-state index in [1.165, 1.54) is 7.11 Å². The lowest BCUT2D eigenvalue weighted by Gasteiger charge is -2.25. The molecule has 1 aliphatic rings. The zero-order valence-electron chi connectivity index (χ0n) is 17.4. The van der Waals surface area contributed by atoms with Crippen molar-refractivity contribution in [2.45, 2.75) is 44.6 Å². The number of amides is 3. The predicted molar refractivity (Wildman–Crippen MR) is 117 cm³/mol. The lowest BCUT2D eigenvalue weighted by Crippen LogP contribution is -2.40. The summed E-state index contributed by atoms with van der Waals surface area (Å²) in [6.07, 6.45) is 2.18. The molecule has 1 unspecified atom stereocenters. The lowest BCUT2D eigenvalue weighted by atomic mass is 9.84. The van der Waals surface area contributed by atoms with Crippen molar-refractivity contribution in [3.63, 3.8) is 0 Å². The van der Waals surface area contributed by atoms with Gasteiger partial charge in [0.15, 0.2) is 0 Å². The molecule has 3 amide bonds. The first-order chi connectivity index (χ1) is 14.6. The molecule has 2 aromatic rings. The highest BCUT2D eigenvalue weighted by Crippen LogP contribution is 2.37. The Morgan fingerprint density at radius 1 is 1.26 bits per heavy atom. The molecule has 7 nitrogen and oxygen atoms in total. The number of aromatic nitrogens is 1. The van der Waals surface area contributed by atoms with Crippen LogP contribution < -0.4 is 15.4 Å². The number of imide groups is 1. The summed E-state index contributed by atoms with van der Waals surface area (Å²) in [5.41, 5.74) is 1.13. The van der Waals surface area contributed by atoms with Gasteiger partial charge in [-0.15, -0.1) is 0 Å². The third-order valence-corrected chi connectivity index (χ3v) is 6.04. The van der Waals surface area contributed by atoms with Crippen molar-refractivity contribution in [2.75, 3.05) is 7.11 Å². The molecule has 3 rings (SSSR count). The number of benzene rings is 1. The highest BCUT2D eigenvalue weighted by atomic mass is 35.5. The van der Waals surface area contributed by atoms with Crippen LogP contribution in [0.3, 0.4) is 0 Å². The van der Waals surface area contributed by atoms with E-state index in [1.807, 2.05) is 13.8 Å². The van der Waals surface area contributed by atoms with Crippen LogP contribution in [-0.2, 0) is 26.3 Å². The zero-order valence-corrected chi connectivity index (χ0v) is 18.9. The van der Waals surface area contributed by atoms with E-state index < -0.39 is 17.2 Å². The van der Waals surface area contributed by atoms with E-state index in [0.29, 0.717) is 33.5 Å². The molecule has 31 heavy (non-hydrogen) atoms. The van der Waals surface area contributed by atoms with Crippen LogP contribution >= 0.6 is 23.2 Å². The van der Waals surface area contributed by atoms with Crippen LogP contribution in [-0.4, -0.2) is 29.8 Å². The Kier molecular flexibility index (Phi) is 6.86. The van der Waals surface area contributed by atoms with Crippen LogP contribution in [0.5, 0.6) is 5.88 Å². The summed E-state index contributed by atoms with van der Waals surface area (Å²) >= 11 is 12.8. The van der Waals surface area contributed by atoms with E-state index in [-0.39, 0.29) is 24.8 Å². The van der Waals surface area contributed by atoms with Crippen LogP contribution in [0.1, 0.15) is 49.3 Å². The van der Waals surface area contributed by atoms with E-state index in [0.717, 1.165) is 5.56 Å². The molecule has 1 saturated heterocycles. The molecule has 1 fully saturated rings. The van der Waals surface area contributed by atoms with Gasteiger partial charge >= 0.3 is 0 Å². The van der Waals surface area contributed by atoms with Crippen LogP contribution in [0.2, 0.25) is 10.0 Å². The Labute approximate surface area is 190 Å². The molecule has 2 N–H and O–H groups in total. The summed E-state index contributed by atoms with van der Waals surface area (Å²) in [7, 11) is 1.52. The number of piperidine rings is 1. The number of hydrogen-bond donors (Lipinski definition) is 2. The minimum atomic E-state index is -0.823. The molecule has 9 heteroatoms. The van der Waals surface area contributed by atoms with Gasteiger partial charge in [-0.1, -0.05) is 23.2 Å². The molecule has 1 atom stereocenters. The maximum Gasteiger partial charge on any atom is 0.234 e. The number of nitrogens with zero attached hydrogens (tertiary/aromatic N) is 1. The fourth-order valence-electron chi connectivity index (χ4n) is 3.48. The smallest absolute Gasteiger partial charge is 0.234 e. The third-order valence-electron chi connectivity index (χ3n) is 5.41. The van der Waals surface area contributed by atoms with E-state index in [4.69, 9.17) is 27.9 Å². The summed E-state index contributed by atoms with van der Waals surface area (Å²) in [5.74, 6) is -1.05. The van der Waals surface area contributed by atoms with E-state index in [2.05, 4.69) is 15.6 Å². The van der Waals surface area contributed by atoms with E-state index in [1.54, 1.807) is 30.5 Å². The predicted octanol–water partition coefficient (Wildman–Crippen LogP) is 3.51. The van der Waals surface area contributed by atoms with Crippen molar-refractivity contribution in [1.29, 1.82) is 0 Å². The Balaban J connectivity index is 1.74. The molecular formula is C22H23Cl2N3O4. The maximum absolute atomic E-state index is 12.9. The molecule has 164 valence electrons. The Morgan fingerprint density at radius 3 is 2.55 bits per heavy atom. The first-order valence-electron chi connectivity index (χ1n) is 9.73. The number of methoxy groups -OCH3 is 1. The fourth-order valence-corrected chi connectivity index (χ4v) is 4.28. The van der Waals surface area contributed by atoms with Crippen LogP contribution in [0.15, 0.2) is 30.5 Å². The van der Waals surface area contributed by atoms with Gasteiger partial charge in [-0.2, -0.15) is 0 Å². The minimum absolute atomic E-state index is 0.192. The fraction of sp³-hybridized carbons (Fsp3) is 0.364. The standard InChI is InChI=1S/C22H23Cl2N3O4/c1-22(2,13-6-7-25-18(10-13)31-3)21(30)26-11-12-8-15(23)19(16(24)9-12)14-4-5-17(28)27-20(14)29/h6-10,14H,4-5,11H2,1-3H3,(H,26,30)(H,27,28,29). The van der Waals surface area contributed by atoms with Crippen molar-refractivity contribution in [2.24, 2.45) is 0 Å². The third kappa shape index (κ3) is 4.99. The van der Waals surface area contributed by atoms with Crippen LogP contribution in [0.4, 0.5) is 0 Å². The van der Waals surface area contributed by atoms with Gasteiger partial charge in [0.2, 0.25) is 23.6 Å². The van der Waals surface area contributed by atoms with E-state index >= 15 is 0 Å². The Morgan fingerprint density at radius 2 is 1.94 bits per heavy atom. The molecule has 0 radical (unpaired) electrons. The molecule has 0 bridgehead atoms. The number of carbonyl (C=O) groups is 3. The topological polar surface area (TPSA) is 97.4 Å². The average Bonchev–Trinajstić information content (AvgIpc) is 2.73. The number of ether oxygens (including phenoxy) is 1. The molecule has 1 aromatic heterocycles. The highest BCUT2D eigenvalue weighted by molar-refractivity contribution is 6.36. The molecule has 0 aliphatic carbocycles. The first kappa shape index (κ1) is 23.0. The Bertz CT molecular complexity index is 1020. The van der Waals surface area contributed by atoms with Gasteiger partial charge in [-0.3, -0.25) is 19.7 Å². The largest absolute Gasteiger partial charge is 0.481 e. The molecule has 1 aromatic carbocycles. The van der Waals surface area contributed by atoms with Gasteiger partial charge in [0, 0.05) is 40.8 Å². The second kappa shape index (κ2) is 9.24. The van der Waals surface area contributed by atoms with Crippen LogP contribution in [0, 0.1) is 0 Å². The van der Waals surface area contributed by atoms with Gasteiger partial charge in [-0.25, -0.2) is 4.98 Å². The number of carbonyl (C=O) groups excluding carboxylic acids is 3. The maximum atomic E-state index is 12.9. The van der Waals surface area contributed by atoms with Crippen molar-refractivity contribution >= 4 is 40.9 Å².